The van der Waals surface area contributed by atoms with Gasteiger partial charge in [-0.1, -0.05) is 11.6 Å². The summed E-state index contributed by atoms with van der Waals surface area (Å²) in [5, 5.41) is 0.601. The summed E-state index contributed by atoms with van der Waals surface area (Å²) < 4.78 is 0. The van der Waals surface area contributed by atoms with Crippen molar-refractivity contribution in [3.05, 3.63) is 57.5 Å². The van der Waals surface area contributed by atoms with Gasteiger partial charge in [-0.25, -0.2) is 4.99 Å². The maximum atomic E-state index is 11.6. The van der Waals surface area contributed by atoms with Crippen molar-refractivity contribution < 1.29 is 0 Å². The van der Waals surface area contributed by atoms with Gasteiger partial charge < -0.3 is 16.5 Å². The number of nitrogens with one attached hydrogen (secondary N) is 1. The number of aromatic amines is 1. The van der Waals surface area contributed by atoms with Gasteiger partial charge in [-0.3, -0.25) is 4.79 Å². The van der Waals surface area contributed by atoms with Crippen LogP contribution in [0.2, 0.25) is 5.02 Å². The Kier molecular flexibility index (Phi) is 3.34. The first-order valence-corrected chi connectivity index (χ1v) is 5.53. The van der Waals surface area contributed by atoms with Crippen molar-refractivity contribution in [2.24, 2.45) is 10.7 Å². The fourth-order valence-electron chi connectivity index (χ4n) is 1.47. The third-order valence-corrected chi connectivity index (χ3v) is 2.58. The van der Waals surface area contributed by atoms with E-state index in [0.29, 0.717) is 10.7 Å². The van der Waals surface area contributed by atoms with Crippen LogP contribution in [0.4, 0.5) is 11.4 Å². The first-order valence-electron chi connectivity index (χ1n) is 5.15. The molecule has 0 unspecified atom stereocenters. The number of aliphatic imine (C=N–C) groups is 1. The maximum absolute atomic E-state index is 11.6. The number of amidine groups is 1. The third kappa shape index (κ3) is 2.52. The Labute approximate surface area is 108 Å². The average Bonchev–Trinajstić information content (AvgIpc) is 2.32. The van der Waals surface area contributed by atoms with Crippen molar-refractivity contribution in [2.75, 3.05) is 5.73 Å². The second kappa shape index (κ2) is 4.93. The fraction of sp³-hybridized carbons (Fsp3) is 0. The minimum atomic E-state index is -0.370. The van der Waals surface area contributed by atoms with Crippen LogP contribution >= 0.6 is 11.6 Å². The minimum absolute atomic E-state index is 0.0664. The molecule has 0 bridgehead atoms. The lowest BCUT2D eigenvalue weighted by molar-refractivity contribution is 1.22. The molecule has 0 spiro atoms. The van der Waals surface area contributed by atoms with E-state index in [9.17, 15) is 4.79 Å². The molecule has 0 aliphatic rings. The molecule has 0 radical (unpaired) electrons. The van der Waals surface area contributed by atoms with Crippen LogP contribution in [-0.4, -0.2) is 10.8 Å². The molecule has 0 aliphatic carbocycles. The molecule has 0 saturated carbocycles. The van der Waals surface area contributed by atoms with Crippen molar-refractivity contribution in [2.45, 2.75) is 0 Å². The van der Waals surface area contributed by atoms with Gasteiger partial charge in [0, 0.05) is 16.9 Å². The summed E-state index contributed by atoms with van der Waals surface area (Å²) in [6.45, 7) is 0. The topological polar surface area (TPSA) is 97.3 Å². The van der Waals surface area contributed by atoms with Gasteiger partial charge in [-0.15, -0.1) is 0 Å². The van der Waals surface area contributed by atoms with E-state index in [1.54, 1.807) is 30.3 Å². The van der Waals surface area contributed by atoms with Crippen molar-refractivity contribution in [1.29, 1.82) is 0 Å². The summed E-state index contributed by atoms with van der Waals surface area (Å²) in [7, 11) is 0. The Balaban J connectivity index is 2.45. The highest BCUT2D eigenvalue weighted by Gasteiger charge is 2.08. The van der Waals surface area contributed by atoms with E-state index in [-0.39, 0.29) is 22.6 Å². The van der Waals surface area contributed by atoms with Gasteiger partial charge in [0.2, 0.25) is 0 Å². The second-order valence-electron chi connectivity index (χ2n) is 3.61. The van der Waals surface area contributed by atoms with E-state index in [1.165, 1.54) is 6.20 Å². The first-order chi connectivity index (χ1) is 8.58. The number of pyridine rings is 1. The number of rotatable bonds is 2. The molecule has 2 rings (SSSR count). The second-order valence-corrected chi connectivity index (χ2v) is 4.05. The van der Waals surface area contributed by atoms with Crippen LogP contribution in [-0.2, 0) is 0 Å². The van der Waals surface area contributed by atoms with E-state index in [4.69, 9.17) is 23.1 Å². The Bertz CT molecular complexity index is 646. The smallest absolute Gasteiger partial charge is 0.261 e. The summed E-state index contributed by atoms with van der Waals surface area (Å²) in [4.78, 5) is 18.2. The van der Waals surface area contributed by atoms with Gasteiger partial charge in [0.15, 0.2) is 0 Å². The Morgan fingerprint density at radius 1 is 1.22 bits per heavy atom. The standard InChI is InChI=1S/C12H11ClN4O/c13-7-1-3-8(4-2-7)17-11(15)10-9(14)5-6-16-12(10)18/h1-6H,(H2,15,17)(H3,14,16,18). The molecule has 0 amide bonds. The monoisotopic (exact) mass is 262 g/mol. The zero-order valence-corrected chi connectivity index (χ0v) is 10.1. The Morgan fingerprint density at radius 2 is 1.89 bits per heavy atom. The van der Waals surface area contributed by atoms with Gasteiger partial charge in [-0.05, 0) is 30.3 Å². The SMILES string of the molecule is NC(=Nc1ccc(Cl)cc1)c1c(N)cc[nH]c1=O. The number of H-pyrrole nitrogens is 1. The first kappa shape index (κ1) is 12.2. The average molecular weight is 263 g/mol. The molecule has 1 aromatic carbocycles. The van der Waals surface area contributed by atoms with E-state index >= 15 is 0 Å². The molecule has 1 heterocycles. The summed E-state index contributed by atoms with van der Waals surface area (Å²) in [6.07, 6.45) is 1.46. The largest absolute Gasteiger partial charge is 0.398 e. The molecule has 0 aliphatic heterocycles. The fourth-order valence-corrected chi connectivity index (χ4v) is 1.59. The van der Waals surface area contributed by atoms with Gasteiger partial charge in [0.05, 0.1) is 5.69 Å². The maximum Gasteiger partial charge on any atom is 0.261 e. The predicted octanol–water partition coefficient (Wildman–Crippen LogP) is 1.65. The number of anilines is 1. The van der Waals surface area contributed by atoms with Gasteiger partial charge in [-0.2, -0.15) is 0 Å². The number of nitrogens with two attached hydrogens (primary N) is 2. The minimum Gasteiger partial charge on any atom is -0.398 e. The number of hydrogen-bond acceptors (Lipinski definition) is 3. The number of nitrogens with zero attached hydrogens (tertiary/aromatic N) is 1. The van der Waals surface area contributed by atoms with Crippen LogP contribution in [0.5, 0.6) is 0 Å². The number of nitrogen functional groups attached to an aromatic ring is 1. The molecule has 92 valence electrons. The van der Waals surface area contributed by atoms with Crippen molar-refractivity contribution in [1.82, 2.24) is 4.98 Å². The number of halogens is 1. The summed E-state index contributed by atoms with van der Waals surface area (Å²) in [5.41, 5.74) is 12.2. The number of benzene rings is 1. The van der Waals surface area contributed by atoms with Crippen molar-refractivity contribution in [3.63, 3.8) is 0 Å². The predicted molar refractivity (Wildman–Crippen MR) is 73.3 cm³/mol. The van der Waals surface area contributed by atoms with E-state index in [1.807, 2.05) is 0 Å². The lowest BCUT2D eigenvalue weighted by Gasteiger charge is -2.03. The van der Waals surface area contributed by atoms with Crippen LogP contribution in [0.1, 0.15) is 5.56 Å². The number of hydrogen-bond donors (Lipinski definition) is 3. The summed E-state index contributed by atoms with van der Waals surface area (Å²) >= 11 is 5.76. The van der Waals surface area contributed by atoms with Crippen molar-refractivity contribution >= 4 is 28.8 Å². The quantitative estimate of drug-likeness (QED) is 0.567. The van der Waals surface area contributed by atoms with Crippen LogP contribution in [0, 0.1) is 0 Å². The van der Waals surface area contributed by atoms with Crippen molar-refractivity contribution in [3.8, 4) is 0 Å². The summed E-state index contributed by atoms with van der Waals surface area (Å²) in [6, 6.07) is 8.32. The lowest BCUT2D eigenvalue weighted by Crippen LogP contribution is -2.25. The molecule has 1 aromatic heterocycles. The molecular weight excluding hydrogens is 252 g/mol. The molecule has 18 heavy (non-hydrogen) atoms. The third-order valence-electron chi connectivity index (χ3n) is 2.33. The highest BCUT2D eigenvalue weighted by atomic mass is 35.5. The van der Waals surface area contributed by atoms with Crippen LogP contribution in [0.3, 0.4) is 0 Å². The molecular formula is C12H11ClN4O. The molecule has 5 nitrogen and oxygen atoms in total. The van der Waals surface area contributed by atoms with E-state index in [0.717, 1.165) is 0 Å². The van der Waals surface area contributed by atoms with Gasteiger partial charge in [0.1, 0.15) is 11.4 Å². The summed E-state index contributed by atoms with van der Waals surface area (Å²) in [5.74, 6) is 0.0664. The lowest BCUT2D eigenvalue weighted by atomic mass is 10.2. The highest BCUT2D eigenvalue weighted by molar-refractivity contribution is 6.30. The molecule has 5 N–H and O–H groups in total. The zero-order chi connectivity index (χ0) is 13.1. The molecule has 0 saturated heterocycles. The van der Waals surface area contributed by atoms with Gasteiger partial charge >= 0.3 is 0 Å². The van der Waals surface area contributed by atoms with Crippen LogP contribution in [0.15, 0.2) is 46.3 Å². The molecule has 0 fully saturated rings. The van der Waals surface area contributed by atoms with E-state index < -0.39 is 0 Å². The Hall–Kier alpha value is -2.27. The van der Waals surface area contributed by atoms with Gasteiger partial charge in [0.25, 0.3) is 5.56 Å². The van der Waals surface area contributed by atoms with Crippen LogP contribution < -0.4 is 17.0 Å². The highest BCUT2D eigenvalue weighted by Crippen LogP contribution is 2.17. The normalized spacial score (nSPS) is 11.5. The Morgan fingerprint density at radius 3 is 2.50 bits per heavy atom. The molecule has 2 aromatic rings. The number of aromatic nitrogens is 1. The van der Waals surface area contributed by atoms with Crippen LogP contribution in [0.25, 0.3) is 0 Å². The molecule has 6 heteroatoms. The van der Waals surface area contributed by atoms with E-state index in [2.05, 4.69) is 9.98 Å². The zero-order valence-electron chi connectivity index (χ0n) is 9.35. The molecule has 0 atom stereocenters.